The van der Waals surface area contributed by atoms with Crippen LogP contribution in [0.2, 0.25) is 0 Å². The largest absolute Gasteiger partial charge is 0.469 e. The lowest BCUT2D eigenvalue weighted by Gasteiger charge is -2.45. The van der Waals surface area contributed by atoms with Crippen molar-refractivity contribution in [3.63, 3.8) is 0 Å². The Morgan fingerprint density at radius 1 is 0.815 bits per heavy atom. The maximum absolute atomic E-state index is 10.7. The standard InChI is InChI=1S/C12H23O14P/c13-1-3-5(14)7(16)9(18)12(25-3)26-10-8(17)6(15)4(24-11(10)19)2-23-27(20,21)22/h3-19H,1-2H2,(H2,20,21,22)/t3-,4-,5-,6-,7+,8+,9-,10-,11?,12-/m1/s1. The zero-order chi connectivity index (χ0) is 20.5. The van der Waals surface area contributed by atoms with Crippen molar-refractivity contribution >= 4 is 7.82 Å². The Morgan fingerprint density at radius 3 is 1.96 bits per heavy atom. The number of hydrogen-bond acceptors (Lipinski definition) is 12. The lowest BCUT2D eigenvalue weighted by molar-refractivity contribution is -0.361. The summed E-state index contributed by atoms with van der Waals surface area (Å²) in [4.78, 5) is 17.3. The molecule has 2 heterocycles. The van der Waals surface area contributed by atoms with E-state index in [0.717, 1.165) is 0 Å². The van der Waals surface area contributed by atoms with Crippen LogP contribution in [-0.2, 0) is 23.3 Å². The van der Waals surface area contributed by atoms with Crippen LogP contribution >= 0.6 is 7.82 Å². The predicted molar refractivity (Wildman–Crippen MR) is 79.5 cm³/mol. The number of phosphoric acid groups is 1. The van der Waals surface area contributed by atoms with E-state index in [9.17, 15) is 35.2 Å². The molecule has 2 rings (SSSR count). The van der Waals surface area contributed by atoms with Gasteiger partial charge in [-0.05, 0) is 0 Å². The second-order valence-corrected chi connectivity index (χ2v) is 7.37. The third kappa shape index (κ3) is 5.41. The van der Waals surface area contributed by atoms with Gasteiger partial charge < -0.3 is 59.7 Å². The maximum atomic E-state index is 10.7. The minimum absolute atomic E-state index is 0.735. The number of phosphoric ester groups is 1. The van der Waals surface area contributed by atoms with E-state index in [1.54, 1.807) is 0 Å². The summed E-state index contributed by atoms with van der Waals surface area (Å²) in [7, 11) is -4.89. The summed E-state index contributed by atoms with van der Waals surface area (Å²) in [5.74, 6) is 0. The number of hydrogen-bond donors (Lipinski definition) is 9. The highest BCUT2D eigenvalue weighted by molar-refractivity contribution is 7.46. The lowest BCUT2D eigenvalue weighted by atomic mass is 9.97. The average molecular weight is 422 g/mol. The summed E-state index contributed by atoms with van der Waals surface area (Å²) < 4.78 is 30.0. The zero-order valence-electron chi connectivity index (χ0n) is 13.7. The van der Waals surface area contributed by atoms with E-state index >= 15 is 0 Å². The molecule has 160 valence electrons. The van der Waals surface area contributed by atoms with E-state index in [1.807, 2.05) is 0 Å². The first-order chi connectivity index (χ1) is 12.5. The Kier molecular flexibility index (Phi) is 7.68. The SMILES string of the molecule is O=P(O)(O)OC[C@H]1OC(O)[C@H](O[C@H]2O[C@H](CO)[C@@H](O)[C@H](O)[C@H]2O)[C@@H](O)[C@@H]1O. The van der Waals surface area contributed by atoms with Crippen molar-refractivity contribution in [3.8, 4) is 0 Å². The van der Waals surface area contributed by atoms with Crippen LogP contribution in [0.1, 0.15) is 0 Å². The molecule has 0 spiro atoms. The first-order valence-electron chi connectivity index (χ1n) is 7.82. The van der Waals surface area contributed by atoms with Crippen LogP contribution in [0.4, 0.5) is 0 Å². The highest BCUT2D eigenvalue weighted by Crippen LogP contribution is 2.37. The van der Waals surface area contributed by atoms with E-state index < -0.39 is 82.4 Å². The molecule has 9 N–H and O–H groups in total. The van der Waals surface area contributed by atoms with Crippen LogP contribution in [0.15, 0.2) is 0 Å². The molecule has 2 aliphatic heterocycles. The Bertz CT molecular complexity index is 526. The first kappa shape index (κ1) is 23.0. The molecule has 0 saturated carbocycles. The number of aliphatic hydroxyl groups excluding tert-OH is 7. The lowest BCUT2D eigenvalue weighted by Crippen LogP contribution is -2.64. The van der Waals surface area contributed by atoms with Crippen molar-refractivity contribution in [1.29, 1.82) is 0 Å². The molecule has 0 aromatic heterocycles. The van der Waals surface area contributed by atoms with E-state index in [-0.39, 0.29) is 0 Å². The molecule has 10 atom stereocenters. The molecule has 0 aliphatic carbocycles. The highest BCUT2D eigenvalue weighted by Gasteiger charge is 2.50. The molecule has 0 radical (unpaired) electrons. The van der Waals surface area contributed by atoms with Crippen LogP contribution in [0.3, 0.4) is 0 Å². The van der Waals surface area contributed by atoms with Crippen molar-refractivity contribution in [2.75, 3.05) is 13.2 Å². The minimum atomic E-state index is -4.89. The number of rotatable bonds is 6. The molecule has 14 nitrogen and oxygen atoms in total. The van der Waals surface area contributed by atoms with Gasteiger partial charge in [-0.1, -0.05) is 0 Å². The summed E-state index contributed by atoms with van der Waals surface area (Å²) in [6, 6.07) is 0. The third-order valence-electron chi connectivity index (χ3n) is 4.21. The number of aliphatic hydroxyl groups is 7. The molecule has 0 bridgehead atoms. The van der Waals surface area contributed by atoms with Crippen LogP contribution in [-0.4, -0.2) is 120 Å². The van der Waals surface area contributed by atoms with Gasteiger partial charge in [0, 0.05) is 0 Å². The molecular formula is C12H23O14P. The Balaban J connectivity index is 2.03. The first-order valence-corrected chi connectivity index (χ1v) is 9.35. The minimum Gasteiger partial charge on any atom is -0.394 e. The molecule has 27 heavy (non-hydrogen) atoms. The summed E-state index contributed by atoms with van der Waals surface area (Å²) >= 11 is 0. The van der Waals surface area contributed by atoms with Gasteiger partial charge in [0.05, 0.1) is 13.2 Å². The van der Waals surface area contributed by atoms with Gasteiger partial charge in [0.2, 0.25) is 0 Å². The van der Waals surface area contributed by atoms with Crippen LogP contribution in [0.25, 0.3) is 0 Å². The summed E-state index contributed by atoms with van der Waals surface area (Å²) in [5.41, 5.74) is 0. The van der Waals surface area contributed by atoms with Gasteiger partial charge in [-0.15, -0.1) is 0 Å². The smallest absolute Gasteiger partial charge is 0.394 e. The van der Waals surface area contributed by atoms with Gasteiger partial charge in [-0.3, -0.25) is 4.52 Å². The van der Waals surface area contributed by atoms with Gasteiger partial charge in [-0.25, -0.2) is 4.57 Å². The quantitative estimate of drug-likeness (QED) is 0.182. The molecular weight excluding hydrogens is 399 g/mol. The Labute approximate surface area is 152 Å². The van der Waals surface area contributed by atoms with Crippen molar-refractivity contribution in [3.05, 3.63) is 0 Å². The molecule has 0 amide bonds. The van der Waals surface area contributed by atoms with Gasteiger partial charge in [0.1, 0.15) is 48.8 Å². The fourth-order valence-electron chi connectivity index (χ4n) is 2.71. The van der Waals surface area contributed by atoms with Crippen LogP contribution in [0, 0.1) is 0 Å². The summed E-state index contributed by atoms with van der Waals surface area (Å²) in [6.07, 6.45) is -17.1. The zero-order valence-corrected chi connectivity index (χ0v) is 14.6. The molecule has 0 aromatic rings. The summed E-state index contributed by atoms with van der Waals surface area (Å²) in [6.45, 7) is -1.59. The highest BCUT2D eigenvalue weighted by atomic mass is 31.2. The molecule has 1 unspecified atom stereocenters. The van der Waals surface area contributed by atoms with Gasteiger partial charge in [-0.2, -0.15) is 0 Å². The van der Waals surface area contributed by atoms with Crippen molar-refractivity contribution in [2.24, 2.45) is 0 Å². The topological polar surface area (TPSA) is 236 Å². The average Bonchev–Trinajstić information content (AvgIpc) is 2.59. The van der Waals surface area contributed by atoms with Crippen molar-refractivity contribution in [1.82, 2.24) is 0 Å². The van der Waals surface area contributed by atoms with E-state index in [2.05, 4.69) is 4.52 Å². The molecule has 2 saturated heterocycles. The Hall–Kier alpha value is -0.290. The number of ether oxygens (including phenoxy) is 3. The molecule has 2 fully saturated rings. The van der Waals surface area contributed by atoms with Gasteiger partial charge in [0.15, 0.2) is 12.6 Å². The van der Waals surface area contributed by atoms with Crippen molar-refractivity contribution in [2.45, 2.75) is 61.4 Å². The van der Waals surface area contributed by atoms with E-state index in [4.69, 9.17) is 29.1 Å². The molecule has 0 aromatic carbocycles. The second-order valence-electron chi connectivity index (χ2n) is 6.13. The fourth-order valence-corrected chi connectivity index (χ4v) is 3.05. The van der Waals surface area contributed by atoms with E-state index in [1.165, 1.54) is 0 Å². The van der Waals surface area contributed by atoms with Gasteiger partial charge >= 0.3 is 7.82 Å². The van der Waals surface area contributed by atoms with Gasteiger partial charge in [0.25, 0.3) is 0 Å². The predicted octanol–water partition coefficient (Wildman–Crippen LogP) is -5.28. The third-order valence-corrected chi connectivity index (χ3v) is 4.69. The van der Waals surface area contributed by atoms with E-state index in [0.29, 0.717) is 0 Å². The van der Waals surface area contributed by atoms with Crippen LogP contribution < -0.4 is 0 Å². The second kappa shape index (κ2) is 9.02. The summed E-state index contributed by atoms with van der Waals surface area (Å²) in [5, 5.41) is 68.4. The Morgan fingerprint density at radius 2 is 1.41 bits per heavy atom. The molecule has 2 aliphatic rings. The van der Waals surface area contributed by atoms with Crippen LogP contribution in [0.5, 0.6) is 0 Å². The normalized spacial score (nSPS) is 46.4. The monoisotopic (exact) mass is 422 g/mol. The van der Waals surface area contributed by atoms with Crippen molar-refractivity contribution < 1.29 is 68.8 Å². The maximum Gasteiger partial charge on any atom is 0.469 e. The fraction of sp³-hybridized carbons (Fsp3) is 1.00. The molecule has 15 heteroatoms.